The van der Waals surface area contributed by atoms with E-state index in [0.29, 0.717) is 6.04 Å². The second-order valence-electron chi connectivity index (χ2n) is 4.47. The second kappa shape index (κ2) is 3.52. The van der Waals surface area contributed by atoms with Crippen LogP contribution in [0.3, 0.4) is 0 Å². The Morgan fingerprint density at radius 1 is 1.46 bits per heavy atom. The normalized spacial score (nSPS) is 39.1. The molecule has 4 unspecified atom stereocenters. The minimum atomic E-state index is -0.167. The molecular formula is C10H17NOS. The molecule has 13 heavy (non-hydrogen) atoms. The van der Waals surface area contributed by atoms with Gasteiger partial charge in [-0.3, -0.25) is 4.79 Å². The molecule has 0 radical (unpaired) electrons. The maximum Gasteiger partial charge on any atom is 0.232 e. The van der Waals surface area contributed by atoms with E-state index in [-0.39, 0.29) is 11.2 Å². The molecule has 1 N–H and O–H groups in total. The van der Waals surface area contributed by atoms with E-state index in [1.807, 2.05) is 6.92 Å². The van der Waals surface area contributed by atoms with Crippen molar-refractivity contribution in [3.8, 4) is 0 Å². The van der Waals surface area contributed by atoms with Gasteiger partial charge >= 0.3 is 0 Å². The fourth-order valence-corrected chi connectivity index (χ4v) is 2.80. The van der Waals surface area contributed by atoms with Gasteiger partial charge in [0.1, 0.15) is 0 Å². The van der Waals surface area contributed by atoms with E-state index in [1.165, 1.54) is 25.7 Å². The first-order valence-corrected chi connectivity index (χ1v) is 5.67. The van der Waals surface area contributed by atoms with E-state index in [2.05, 4.69) is 17.9 Å². The van der Waals surface area contributed by atoms with Crippen molar-refractivity contribution in [2.24, 2.45) is 11.8 Å². The summed E-state index contributed by atoms with van der Waals surface area (Å²) in [4.78, 5) is 11.4. The van der Waals surface area contributed by atoms with Crippen molar-refractivity contribution < 1.29 is 4.79 Å². The van der Waals surface area contributed by atoms with Gasteiger partial charge in [0.15, 0.2) is 0 Å². The average molecular weight is 199 g/mol. The Hall–Kier alpha value is -0.180. The molecule has 0 aromatic carbocycles. The quantitative estimate of drug-likeness (QED) is 0.650. The SMILES string of the molecule is CC(S)C(=O)NC1CC2CCC1C2. The van der Waals surface area contributed by atoms with Crippen LogP contribution in [0.4, 0.5) is 0 Å². The third-order valence-corrected chi connectivity index (χ3v) is 3.68. The number of thiol groups is 1. The molecule has 0 aromatic rings. The molecule has 4 atom stereocenters. The molecule has 74 valence electrons. The van der Waals surface area contributed by atoms with Gasteiger partial charge in [-0.25, -0.2) is 0 Å². The van der Waals surface area contributed by atoms with Crippen LogP contribution in [0.15, 0.2) is 0 Å². The van der Waals surface area contributed by atoms with E-state index in [0.717, 1.165) is 11.8 Å². The predicted octanol–water partition coefficient (Wildman–Crippen LogP) is 1.61. The maximum absolute atomic E-state index is 11.4. The zero-order chi connectivity index (χ0) is 9.42. The molecule has 0 aliphatic heterocycles. The summed E-state index contributed by atoms with van der Waals surface area (Å²) in [5.41, 5.74) is 0. The zero-order valence-corrected chi connectivity index (χ0v) is 8.89. The summed E-state index contributed by atoms with van der Waals surface area (Å²) >= 11 is 4.12. The molecule has 0 saturated heterocycles. The number of hydrogen-bond acceptors (Lipinski definition) is 2. The van der Waals surface area contributed by atoms with Crippen LogP contribution in [0.5, 0.6) is 0 Å². The lowest BCUT2D eigenvalue weighted by Gasteiger charge is -2.23. The lowest BCUT2D eigenvalue weighted by molar-refractivity contribution is -0.121. The molecule has 0 aromatic heterocycles. The maximum atomic E-state index is 11.4. The summed E-state index contributed by atoms with van der Waals surface area (Å²) < 4.78 is 0. The topological polar surface area (TPSA) is 29.1 Å². The standard InChI is InChI=1S/C10H17NOS/c1-6(13)10(12)11-9-5-7-2-3-8(9)4-7/h6-9,13H,2-5H2,1H3,(H,11,12). The number of rotatable bonds is 2. The summed E-state index contributed by atoms with van der Waals surface area (Å²) in [7, 11) is 0. The first-order chi connectivity index (χ1) is 6.16. The highest BCUT2D eigenvalue weighted by atomic mass is 32.1. The number of amides is 1. The largest absolute Gasteiger partial charge is 0.352 e. The molecule has 2 fully saturated rings. The van der Waals surface area contributed by atoms with Crippen molar-refractivity contribution in [1.82, 2.24) is 5.32 Å². The summed E-state index contributed by atoms with van der Waals surface area (Å²) in [6.45, 7) is 1.83. The fraction of sp³-hybridized carbons (Fsp3) is 0.900. The monoisotopic (exact) mass is 199 g/mol. The number of fused-ring (bicyclic) bond motifs is 2. The summed E-state index contributed by atoms with van der Waals surface area (Å²) in [6.07, 6.45) is 5.24. The molecule has 0 heterocycles. The lowest BCUT2D eigenvalue weighted by Crippen LogP contribution is -2.41. The molecule has 2 nitrogen and oxygen atoms in total. The van der Waals surface area contributed by atoms with E-state index >= 15 is 0 Å². The van der Waals surface area contributed by atoms with E-state index < -0.39 is 0 Å². The fourth-order valence-electron chi connectivity index (χ4n) is 2.72. The van der Waals surface area contributed by atoms with Crippen molar-refractivity contribution >= 4 is 18.5 Å². The number of nitrogens with one attached hydrogen (secondary N) is 1. The van der Waals surface area contributed by atoms with Crippen LogP contribution in [-0.4, -0.2) is 17.2 Å². The average Bonchev–Trinajstić information content (AvgIpc) is 2.64. The van der Waals surface area contributed by atoms with Gasteiger partial charge in [-0.05, 0) is 38.0 Å². The molecule has 2 aliphatic rings. The smallest absolute Gasteiger partial charge is 0.232 e. The number of carbonyl (C=O) groups excluding carboxylic acids is 1. The van der Waals surface area contributed by atoms with Gasteiger partial charge in [0.2, 0.25) is 5.91 Å². The van der Waals surface area contributed by atoms with Crippen LogP contribution in [0, 0.1) is 11.8 Å². The Morgan fingerprint density at radius 2 is 2.23 bits per heavy atom. The van der Waals surface area contributed by atoms with E-state index in [1.54, 1.807) is 0 Å². The zero-order valence-electron chi connectivity index (χ0n) is 7.99. The first-order valence-electron chi connectivity index (χ1n) is 5.15. The third-order valence-electron chi connectivity index (χ3n) is 3.45. The van der Waals surface area contributed by atoms with Gasteiger partial charge in [0, 0.05) is 6.04 Å². The lowest BCUT2D eigenvalue weighted by atomic mass is 9.95. The van der Waals surface area contributed by atoms with Crippen molar-refractivity contribution in [2.45, 2.75) is 43.9 Å². The Labute approximate surface area is 84.9 Å². The van der Waals surface area contributed by atoms with Crippen LogP contribution >= 0.6 is 12.6 Å². The minimum absolute atomic E-state index is 0.0980. The molecule has 3 heteroatoms. The van der Waals surface area contributed by atoms with Gasteiger partial charge in [-0.2, -0.15) is 12.6 Å². The Kier molecular flexibility index (Phi) is 2.54. The van der Waals surface area contributed by atoms with Crippen LogP contribution in [0.1, 0.15) is 32.6 Å². The highest BCUT2D eigenvalue weighted by Gasteiger charge is 2.40. The molecule has 2 bridgehead atoms. The van der Waals surface area contributed by atoms with Crippen LogP contribution in [-0.2, 0) is 4.79 Å². The number of carbonyl (C=O) groups is 1. The van der Waals surface area contributed by atoms with Crippen LogP contribution in [0.2, 0.25) is 0 Å². The molecule has 2 rings (SSSR count). The summed E-state index contributed by atoms with van der Waals surface area (Å²) in [5, 5.41) is 2.93. The molecule has 2 saturated carbocycles. The highest BCUT2D eigenvalue weighted by molar-refractivity contribution is 7.81. The second-order valence-corrected chi connectivity index (χ2v) is 5.24. The minimum Gasteiger partial charge on any atom is -0.352 e. The van der Waals surface area contributed by atoms with Crippen molar-refractivity contribution in [2.75, 3.05) is 0 Å². The molecular weight excluding hydrogens is 182 g/mol. The Morgan fingerprint density at radius 3 is 2.69 bits per heavy atom. The van der Waals surface area contributed by atoms with Crippen molar-refractivity contribution in [3.05, 3.63) is 0 Å². The Balaban J connectivity index is 1.86. The highest BCUT2D eigenvalue weighted by Crippen LogP contribution is 2.44. The van der Waals surface area contributed by atoms with Gasteiger partial charge in [0.25, 0.3) is 0 Å². The third kappa shape index (κ3) is 1.85. The number of hydrogen-bond donors (Lipinski definition) is 2. The van der Waals surface area contributed by atoms with Crippen molar-refractivity contribution in [3.63, 3.8) is 0 Å². The summed E-state index contributed by atoms with van der Waals surface area (Å²) in [6, 6.07) is 0.459. The van der Waals surface area contributed by atoms with Crippen molar-refractivity contribution in [1.29, 1.82) is 0 Å². The van der Waals surface area contributed by atoms with Crippen LogP contribution in [0.25, 0.3) is 0 Å². The molecule has 2 aliphatic carbocycles. The van der Waals surface area contributed by atoms with Gasteiger partial charge in [-0.15, -0.1) is 0 Å². The summed E-state index contributed by atoms with van der Waals surface area (Å²) in [5.74, 6) is 1.76. The van der Waals surface area contributed by atoms with Gasteiger partial charge < -0.3 is 5.32 Å². The van der Waals surface area contributed by atoms with Crippen LogP contribution < -0.4 is 5.32 Å². The molecule has 1 amide bonds. The van der Waals surface area contributed by atoms with E-state index in [4.69, 9.17) is 0 Å². The van der Waals surface area contributed by atoms with Gasteiger partial charge in [-0.1, -0.05) is 6.42 Å². The first kappa shape index (κ1) is 9.38. The van der Waals surface area contributed by atoms with E-state index in [9.17, 15) is 4.79 Å². The Bertz CT molecular complexity index is 217. The predicted molar refractivity (Wildman–Crippen MR) is 55.8 cm³/mol. The van der Waals surface area contributed by atoms with Gasteiger partial charge in [0.05, 0.1) is 5.25 Å². The molecule has 0 spiro atoms.